The molecule has 0 aromatic rings. The molecule has 0 saturated heterocycles. The lowest BCUT2D eigenvalue weighted by atomic mass is 9.93. The number of hydrogen-bond donors (Lipinski definition) is 1. The number of amides is 1. The van der Waals surface area contributed by atoms with Crippen molar-refractivity contribution in [2.75, 3.05) is 13.2 Å². The molecule has 1 fully saturated rings. The predicted molar refractivity (Wildman–Crippen MR) is 46.6 cm³/mol. The van der Waals surface area contributed by atoms with Crippen molar-refractivity contribution < 1.29 is 9.53 Å². The molecule has 0 heterocycles. The van der Waals surface area contributed by atoms with Gasteiger partial charge in [0.1, 0.15) is 6.61 Å². The van der Waals surface area contributed by atoms with Crippen LogP contribution in [0.15, 0.2) is 0 Å². The normalized spacial score (nSPS) is 17.1. The highest BCUT2D eigenvalue weighted by Crippen LogP contribution is 2.17. The molecule has 1 aliphatic carbocycles. The zero-order chi connectivity index (χ0) is 8.81. The number of ether oxygens (including phenoxy) is 1. The maximum atomic E-state index is 11.1. The van der Waals surface area contributed by atoms with E-state index in [1.807, 2.05) is 0 Å². The zero-order valence-electron chi connectivity index (χ0n) is 7.34. The molecule has 0 unspecified atom stereocenters. The Balaban J connectivity index is 1.95. The van der Waals surface area contributed by atoms with Crippen molar-refractivity contribution >= 4 is 5.91 Å². The molecule has 1 saturated carbocycles. The van der Waals surface area contributed by atoms with Crippen molar-refractivity contribution in [1.29, 1.82) is 0 Å². The van der Waals surface area contributed by atoms with E-state index in [-0.39, 0.29) is 12.5 Å². The van der Waals surface area contributed by atoms with E-state index >= 15 is 0 Å². The number of carbonyl (C=O) groups excluding carboxylic acids is 1. The van der Waals surface area contributed by atoms with Gasteiger partial charge in [0.25, 0.3) is 0 Å². The Morgan fingerprint density at radius 1 is 1.58 bits per heavy atom. The molecule has 69 valence electrons. The molecule has 12 heavy (non-hydrogen) atoms. The van der Waals surface area contributed by atoms with E-state index in [2.05, 4.69) is 12.2 Å². The Kier molecular flexibility index (Phi) is 4.08. The van der Waals surface area contributed by atoms with Gasteiger partial charge in [-0.1, -0.05) is 6.92 Å². The first-order valence-electron chi connectivity index (χ1n) is 4.49. The van der Waals surface area contributed by atoms with Crippen molar-refractivity contribution in [1.82, 2.24) is 5.32 Å². The molecule has 3 heteroatoms. The van der Waals surface area contributed by atoms with Gasteiger partial charge in [-0.05, 0) is 25.7 Å². The maximum Gasteiger partial charge on any atom is 0.246 e. The second-order valence-electron chi connectivity index (χ2n) is 3.10. The highest BCUT2D eigenvalue weighted by molar-refractivity contribution is 5.77. The van der Waals surface area contributed by atoms with Crippen LogP contribution in [-0.4, -0.2) is 25.2 Å². The minimum absolute atomic E-state index is 0.00755. The molecule has 0 spiro atoms. The highest BCUT2D eigenvalue weighted by atomic mass is 16.5. The summed E-state index contributed by atoms with van der Waals surface area (Å²) in [5.74, 6) is 0.00755. The molecular weight excluding hydrogens is 154 g/mol. The van der Waals surface area contributed by atoms with E-state index in [0.717, 1.165) is 19.3 Å². The van der Waals surface area contributed by atoms with Crippen LogP contribution in [-0.2, 0) is 9.53 Å². The molecule has 1 amide bonds. The summed E-state index contributed by atoms with van der Waals surface area (Å²) in [5, 5.41) is 2.89. The van der Waals surface area contributed by atoms with E-state index in [9.17, 15) is 4.79 Å². The standard InChI is InChI=1S/C9H16NO2/c1-2-6-12-7-9(11)10-8-4-3-5-8/h8H,1-7H2,(H,10,11). The van der Waals surface area contributed by atoms with Crippen molar-refractivity contribution in [2.45, 2.75) is 31.7 Å². The predicted octanol–water partition coefficient (Wildman–Crippen LogP) is 0.896. The summed E-state index contributed by atoms with van der Waals surface area (Å²) in [4.78, 5) is 11.1. The second kappa shape index (κ2) is 5.14. The van der Waals surface area contributed by atoms with Gasteiger partial charge in [0.05, 0.1) is 0 Å². The number of rotatable bonds is 5. The molecule has 0 aromatic carbocycles. The fraction of sp³-hybridized carbons (Fsp3) is 0.778. The Morgan fingerprint density at radius 3 is 2.83 bits per heavy atom. The first-order chi connectivity index (χ1) is 5.83. The van der Waals surface area contributed by atoms with Crippen molar-refractivity contribution in [2.24, 2.45) is 0 Å². The number of carbonyl (C=O) groups is 1. The van der Waals surface area contributed by atoms with E-state index in [0.29, 0.717) is 12.6 Å². The van der Waals surface area contributed by atoms with E-state index in [1.165, 1.54) is 6.42 Å². The topological polar surface area (TPSA) is 38.3 Å². The lowest BCUT2D eigenvalue weighted by Crippen LogP contribution is -2.41. The van der Waals surface area contributed by atoms with Crippen LogP contribution in [0, 0.1) is 6.92 Å². The lowest BCUT2D eigenvalue weighted by molar-refractivity contribution is -0.126. The molecule has 0 aliphatic heterocycles. The average Bonchev–Trinajstić information content (AvgIpc) is 1.98. The average molecular weight is 170 g/mol. The summed E-state index contributed by atoms with van der Waals surface area (Å²) >= 11 is 0. The van der Waals surface area contributed by atoms with E-state index in [4.69, 9.17) is 4.74 Å². The summed E-state index contributed by atoms with van der Waals surface area (Å²) in [6, 6.07) is 0.417. The molecule has 0 atom stereocenters. The second-order valence-corrected chi connectivity index (χ2v) is 3.10. The molecule has 3 nitrogen and oxygen atoms in total. The fourth-order valence-electron chi connectivity index (χ4n) is 1.09. The first-order valence-corrected chi connectivity index (χ1v) is 4.49. The summed E-state index contributed by atoms with van der Waals surface area (Å²) < 4.78 is 5.04. The first kappa shape index (κ1) is 9.52. The highest BCUT2D eigenvalue weighted by Gasteiger charge is 2.18. The van der Waals surface area contributed by atoms with Crippen LogP contribution in [0.1, 0.15) is 25.7 Å². The minimum Gasteiger partial charge on any atom is -0.372 e. The molecule has 1 rings (SSSR count). The zero-order valence-corrected chi connectivity index (χ0v) is 7.34. The molecule has 0 bridgehead atoms. The Morgan fingerprint density at radius 2 is 2.33 bits per heavy atom. The van der Waals surface area contributed by atoms with Gasteiger partial charge in [-0.2, -0.15) is 0 Å². The van der Waals surface area contributed by atoms with Gasteiger partial charge < -0.3 is 10.1 Å². The number of nitrogens with one attached hydrogen (secondary N) is 1. The molecule has 0 aromatic heterocycles. The van der Waals surface area contributed by atoms with Gasteiger partial charge in [-0.15, -0.1) is 0 Å². The largest absolute Gasteiger partial charge is 0.372 e. The van der Waals surface area contributed by atoms with Gasteiger partial charge in [0.2, 0.25) is 5.91 Å². The van der Waals surface area contributed by atoms with Crippen molar-refractivity contribution in [3.63, 3.8) is 0 Å². The quantitative estimate of drug-likeness (QED) is 0.622. The maximum absolute atomic E-state index is 11.1. The summed E-state index contributed by atoms with van der Waals surface area (Å²) in [6.07, 6.45) is 4.21. The third kappa shape index (κ3) is 3.22. The van der Waals surface area contributed by atoms with Gasteiger partial charge in [-0.3, -0.25) is 4.79 Å². The third-order valence-corrected chi connectivity index (χ3v) is 1.99. The summed E-state index contributed by atoms with van der Waals surface area (Å²) in [7, 11) is 0. The van der Waals surface area contributed by atoms with Gasteiger partial charge in [0.15, 0.2) is 0 Å². The Hall–Kier alpha value is -0.570. The SMILES string of the molecule is [CH2]CCOCC(=O)NC1CCC1. The lowest BCUT2D eigenvalue weighted by Gasteiger charge is -2.26. The molecule has 1 aliphatic rings. The molecule has 1 radical (unpaired) electrons. The van der Waals surface area contributed by atoms with Crippen LogP contribution in [0.2, 0.25) is 0 Å². The smallest absolute Gasteiger partial charge is 0.246 e. The summed E-state index contributed by atoms with van der Waals surface area (Å²) in [6.45, 7) is 4.37. The van der Waals surface area contributed by atoms with Gasteiger partial charge in [0, 0.05) is 12.6 Å². The van der Waals surface area contributed by atoms with Crippen LogP contribution in [0.4, 0.5) is 0 Å². The third-order valence-electron chi connectivity index (χ3n) is 1.99. The fourth-order valence-corrected chi connectivity index (χ4v) is 1.09. The Bertz CT molecular complexity index is 143. The van der Waals surface area contributed by atoms with E-state index < -0.39 is 0 Å². The van der Waals surface area contributed by atoms with Gasteiger partial charge >= 0.3 is 0 Å². The van der Waals surface area contributed by atoms with Crippen LogP contribution >= 0.6 is 0 Å². The van der Waals surface area contributed by atoms with Crippen molar-refractivity contribution in [3.05, 3.63) is 6.92 Å². The minimum atomic E-state index is 0.00755. The van der Waals surface area contributed by atoms with Crippen molar-refractivity contribution in [3.8, 4) is 0 Å². The molecular formula is C9H16NO2. The molecule has 1 N–H and O–H groups in total. The summed E-state index contributed by atoms with van der Waals surface area (Å²) in [5.41, 5.74) is 0. The number of hydrogen-bond acceptors (Lipinski definition) is 2. The Labute approximate surface area is 73.5 Å². The van der Waals surface area contributed by atoms with Crippen LogP contribution in [0.5, 0.6) is 0 Å². The van der Waals surface area contributed by atoms with Crippen LogP contribution < -0.4 is 5.32 Å². The van der Waals surface area contributed by atoms with Crippen LogP contribution in [0.25, 0.3) is 0 Å². The monoisotopic (exact) mass is 170 g/mol. The van der Waals surface area contributed by atoms with Gasteiger partial charge in [-0.25, -0.2) is 0 Å². The van der Waals surface area contributed by atoms with E-state index in [1.54, 1.807) is 0 Å². The van der Waals surface area contributed by atoms with Crippen LogP contribution in [0.3, 0.4) is 0 Å².